The van der Waals surface area contributed by atoms with Crippen LogP contribution < -0.4 is 11.0 Å². The van der Waals surface area contributed by atoms with E-state index in [1.54, 1.807) is 0 Å². The van der Waals surface area contributed by atoms with Crippen molar-refractivity contribution in [3.8, 4) is 0 Å². The first-order valence-corrected chi connectivity index (χ1v) is 5.55. The van der Waals surface area contributed by atoms with Crippen molar-refractivity contribution in [2.24, 2.45) is 5.92 Å². The topological polar surface area (TPSA) is 82.7 Å². The summed E-state index contributed by atoms with van der Waals surface area (Å²) in [5.41, 5.74) is -0.318. The van der Waals surface area contributed by atoms with E-state index in [1.807, 2.05) is 13.8 Å². The number of hydrogen-bond donors (Lipinski definition) is 3. The number of aromatic nitrogens is 3. The van der Waals surface area contributed by atoms with Gasteiger partial charge in [0, 0.05) is 19.5 Å². The maximum atomic E-state index is 11.4. The first-order valence-electron chi connectivity index (χ1n) is 5.15. The zero-order chi connectivity index (χ0) is 12.1. The van der Waals surface area contributed by atoms with E-state index in [4.69, 9.17) is 12.2 Å². The van der Waals surface area contributed by atoms with E-state index >= 15 is 0 Å². The minimum absolute atomic E-state index is 0.0730. The van der Waals surface area contributed by atoms with Crippen LogP contribution in [0.15, 0.2) is 4.79 Å². The van der Waals surface area contributed by atoms with Crippen molar-refractivity contribution in [1.29, 1.82) is 0 Å². The molecule has 0 fully saturated rings. The monoisotopic (exact) mass is 244 g/mol. The lowest BCUT2D eigenvalue weighted by molar-refractivity contribution is -0.121. The molecule has 1 heterocycles. The second kappa shape index (κ2) is 5.64. The Labute approximate surface area is 98.0 Å². The highest BCUT2D eigenvalue weighted by Crippen LogP contribution is 1.91. The molecule has 0 bridgehead atoms. The molecule has 0 aliphatic rings. The Bertz CT molecular complexity index is 429. The van der Waals surface area contributed by atoms with Crippen LogP contribution in [0.25, 0.3) is 0 Å². The fourth-order valence-electron chi connectivity index (χ4n) is 1.16. The van der Waals surface area contributed by atoms with Crippen LogP contribution in [0.2, 0.25) is 0 Å². The van der Waals surface area contributed by atoms with Gasteiger partial charge in [0.25, 0.3) is 0 Å². The number of carbonyl (C=O) groups is 1. The number of H-pyrrole nitrogens is 2. The highest BCUT2D eigenvalue weighted by molar-refractivity contribution is 7.71. The van der Waals surface area contributed by atoms with Gasteiger partial charge in [0.1, 0.15) is 0 Å². The molecular weight excluding hydrogens is 228 g/mol. The molecule has 1 amide bonds. The third kappa shape index (κ3) is 3.65. The van der Waals surface area contributed by atoms with Gasteiger partial charge in [-0.25, -0.2) is 9.89 Å². The summed E-state index contributed by atoms with van der Waals surface area (Å²) in [6.45, 7) is 4.98. The lowest BCUT2D eigenvalue weighted by Gasteiger charge is -2.07. The Morgan fingerprint density at radius 3 is 2.69 bits per heavy atom. The normalized spacial score (nSPS) is 10.7. The van der Waals surface area contributed by atoms with Crippen molar-refractivity contribution in [3.63, 3.8) is 0 Å². The summed E-state index contributed by atoms with van der Waals surface area (Å²) in [5, 5.41) is 7.65. The average Bonchev–Trinajstić information content (AvgIpc) is 2.53. The van der Waals surface area contributed by atoms with Gasteiger partial charge in [0.05, 0.1) is 0 Å². The van der Waals surface area contributed by atoms with Crippen LogP contribution in [0, 0.1) is 10.7 Å². The molecule has 90 valence electrons. The van der Waals surface area contributed by atoms with Gasteiger partial charge < -0.3 is 5.32 Å². The molecule has 0 aliphatic heterocycles. The molecule has 1 aromatic rings. The summed E-state index contributed by atoms with van der Waals surface area (Å²) >= 11 is 4.88. The van der Waals surface area contributed by atoms with Crippen LogP contribution in [0.4, 0.5) is 0 Å². The lowest BCUT2D eigenvalue weighted by Crippen LogP contribution is -2.29. The van der Waals surface area contributed by atoms with Gasteiger partial charge in [0.2, 0.25) is 5.91 Å². The summed E-state index contributed by atoms with van der Waals surface area (Å²) in [7, 11) is 0. The average molecular weight is 244 g/mol. The standard InChI is InChI=1S/C9H16N4O2S/c1-6(2)5-10-7(14)3-4-13-8(15)11-12-9(13)16/h6H,3-5H2,1-2H3,(H,10,14)(H,11,15)(H,12,16). The summed E-state index contributed by atoms with van der Waals surface area (Å²) in [4.78, 5) is 22.6. The SMILES string of the molecule is CC(C)CNC(=O)CCn1c(=O)[nH][nH]c1=S. The Balaban J connectivity index is 2.43. The van der Waals surface area contributed by atoms with Crippen molar-refractivity contribution in [2.45, 2.75) is 26.8 Å². The first kappa shape index (κ1) is 12.7. The quantitative estimate of drug-likeness (QED) is 0.655. The maximum Gasteiger partial charge on any atom is 0.342 e. The van der Waals surface area contributed by atoms with E-state index in [2.05, 4.69) is 15.5 Å². The van der Waals surface area contributed by atoms with E-state index < -0.39 is 0 Å². The number of hydrogen-bond acceptors (Lipinski definition) is 3. The lowest BCUT2D eigenvalue weighted by atomic mass is 10.2. The molecule has 0 unspecified atom stereocenters. The third-order valence-corrected chi connectivity index (χ3v) is 2.36. The van der Waals surface area contributed by atoms with Crippen molar-refractivity contribution in [2.75, 3.05) is 6.54 Å². The molecule has 6 nitrogen and oxygen atoms in total. The fourth-order valence-corrected chi connectivity index (χ4v) is 1.38. The molecule has 0 atom stereocenters. The summed E-state index contributed by atoms with van der Waals surface area (Å²) < 4.78 is 1.63. The van der Waals surface area contributed by atoms with Crippen LogP contribution in [0.5, 0.6) is 0 Å². The molecule has 0 aromatic carbocycles. The van der Waals surface area contributed by atoms with Gasteiger partial charge >= 0.3 is 5.69 Å². The largest absolute Gasteiger partial charge is 0.356 e. The molecule has 3 N–H and O–H groups in total. The van der Waals surface area contributed by atoms with Gasteiger partial charge in [-0.15, -0.1) is 0 Å². The van der Waals surface area contributed by atoms with Gasteiger partial charge in [0.15, 0.2) is 4.77 Å². The van der Waals surface area contributed by atoms with Crippen molar-refractivity contribution < 1.29 is 4.79 Å². The van der Waals surface area contributed by atoms with Crippen molar-refractivity contribution in [1.82, 2.24) is 20.1 Å². The number of nitrogens with zero attached hydrogens (tertiary/aromatic N) is 1. The molecule has 1 aromatic heterocycles. The first-order chi connectivity index (χ1) is 7.50. The van der Waals surface area contributed by atoms with Crippen LogP contribution in [-0.2, 0) is 11.3 Å². The number of aromatic amines is 2. The third-order valence-electron chi connectivity index (χ3n) is 2.04. The van der Waals surface area contributed by atoms with Crippen molar-refractivity contribution >= 4 is 18.1 Å². The molecule has 16 heavy (non-hydrogen) atoms. The molecular formula is C9H16N4O2S. The number of nitrogens with one attached hydrogen (secondary N) is 3. The summed E-state index contributed by atoms with van der Waals surface area (Å²) in [5.74, 6) is 0.345. The van der Waals surface area contributed by atoms with Crippen molar-refractivity contribution in [3.05, 3.63) is 15.3 Å². The van der Waals surface area contributed by atoms with Gasteiger partial charge in [-0.2, -0.15) is 0 Å². The summed E-state index contributed by atoms with van der Waals surface area (Å²) in [6.07, 6.45) is 0.252. The summed E-state index contributed by atoms with van der Waals surface area (Å²) in [6, 6.07) is 0. The minimum atomic E-state index is -0.318. The number of amides is 1. The highest BCUT2D eigenvalue weighted by Gasteiger charge is 2.05. The van der Waals surface area contributed by atoms with E-state index in [1.165, 1.54) is 4.57 Å². The van der Waals surface area contributed by atoms with Gasteiger partial charge in [-0.1, -0.05) is 13.8 Å². The van der Waals surface area contributed by atoms with Crippen LogP contribution in [0.1, 0.15) is 20.3 Å². The second-order valence-electron chi connectivity index (χ2n) is 3.96. The minimum Gasteiger partial charge on any atom is -0.356 e. The molecule has 0 radical (unpaired) electrons. The molecule has 0 aliphatic carbocycles. The Morgan fingerprint density at radius 2 is 2.19 bits per heavy atom. The molecule has 1 rings (SSSR count). The fraction of sp³-hybridized carbons (Fsp3) is 0.667. The second-order valence-corrected chi connectivity index (χ2v) is 4.35. The number of rotatable bonds is 5. The van der Waals surface area contributed by atoms with E-state index in [9.17, 15) is 9.59 Å². The zero-order valence-electron chi connectivity index (χ0n) is 9.37. The molecule has 0 saturated carbocycles. The Morgan fingerprint density at radius 1 is 1.50 bits per heavy atom. The van der Waals surface area contributed by atoms with E-state index in [0.29, 0.717) is 23.8 Å². The van der Waals surface area contributed by atoms with Crippen LogP contribution >= 0.6 is 12.2 Å². The maximum absolute atomic E-state index is 11.4. The smallest absolute Gasteiger partial charge is 0.342 e. The zero-order valence-corrected chi connectivity index (χ0v) is 10.2. The molecule has 0 saturated heterocycles. The number of carbonyl (C=O) groups excluding carboxylic acids is 1. The Kier molecular flexibility index (Phi) is 4.48. The predicted octanol–water partition coefficient (Wildman–Crippen LogP) is 0.396. The van der Waals surface area contributed by atoms with Crippen LogP contribution in [-0.4, -0.2) is 27.2 Å². The van der Waals surface area contributed by atoms with Gasteiger partial charge in [-0.3, -0.25) is 14.5 Å². The van der Waals surface area contributed by atoms with E-state index in [0.717, 1.165) is 0 Å². The predicted molar refractivity (Wildman–Crippen MR) is 62.7 cm³/mol. The molecule has 7 heteroatoms. The van der Waals surface area contributed by atoms with Gasteiger partial charge in [-0.05, 0) is 18.1 Å². The highest BCUT2D eigenvalue weighted by atomic mass is 32.1. The Hall–Kier alpha value is -1.37. The van der Waals surface area contributed by atoms with Crippen LogP contribution in [0.3, 0.4) is 0 Å². The van der Waals surface area contributed by atoms with E-state index in [-0.39, 0.29) is 18.0 Å². The molecule has 0 spiro atoms.